The summed E-state index contributed by atoms with van der Waals surface area (Å²) in [6, 6.07) is 8.49. The zero-order valence-electron chi connectivity index (χ0n) is 11.2. The molecule has 0 spiro atoms. The summed E-state index contributed by atoms with van der Waals surface area (Å²) in [7, 11) is 0. The summed E-state index contributed by atoms with van der Waals surface area (Å²) < 4.78 is 5.91. The number of hydrogen-bond acceptors (Lipinski definition) is 1. The molecule has 0 aliphatic carbocycles. The van der Waals surface area contributed by atoms with Crippen LogP contribution in [0.25, 0.3) is 0 Å². The van der Waals surface area contributed by atoms with Gasteiger partial charge in [0.1, 0.15) is 11.4 Å². The highest BCUT2D eigenvalue weighted by Gasteiger charge is 2.16. The molecule has 0 bridgehead atoms. The Hall–Kier alpha value is -0.980. The molecule has 0 aliphatic rings. The van der Waals surface area contributed by atoms with Crippen LogP contribution in [0.4, 0.5) is 0 Å². The van der Waals surface area contributed by atoms with E-state index in [2.05, 4.69) is 58.9 Å². The van der Waals surface area contributed by atoms with Gasteiger partial charge in [-0.25, -0.2) is 0 Å². The van der Waals surface area contributed by atoms with E-state index in [-0.39, 0.29) is 5.60 Å². The molecule has 1 aromatic carbocycles. The third-order valence-corrected chi connectivity index (χ3v) is 2.81. The number of benzene rings is 1. The Balaban J connectivity index is 2.64. The van der Waals surface area contributed by atoms with Gasteiger partial charge < -0.3 is 4.74 Å². The van der Waals surface area contributed by atoms with Crippen molar-refractivity contribution in [3.63, 3.8) is 0 Å². The lowest BCUT2D eigenvalue weighted by atomic mass is 10.0. The van der Waals surface area contributed by atoms with E-state index in [0.29, 0.717) is 5.92 Å². The predicted octanol–water partition coefficient (Wildman–Crippen LogP) is 4.45. The standard InChI is InChI=1S/C15H24O/c1-6-15(4,5)16-14-9-7-13(8-10-14)11-12(2)3/h7-10,12H,6,11H2,1-5H3. The van der Waals surface area contributed by atoms with E-state index in [0.717, 1.165) is 18.6 Å². The molecule has 0 amide bonds. The van der Waals surface area contributed by atoms with Gasteiger partial charge in [0.25, 0.3) is 0 Å². The van der Waals surface area contributed by atoms with Crippen LogP contribution in [0.1, 0.15) is 46.6 Å². The monoisotopic (exact) mass is 220 g/mol. The van der Waals surface area contributed by atoms with Crippen LogP contribution in [0.2, 0.25) is 0 Å². The van der Waals surface area contributed by atoms with Gasteiger partial charge in [0, 0.05) is 0 Å². The van der Waals surface area contributed by atoms with Gasteiger partial charge in [0.15, 0.2) is 0 Å². The number of rotatable bonds is 5. The van der Waals surface area contributed by atoms with Crippen LogP contribution in [0.5, 0.6) is 5.75 Å². The first-order valence-corrected chi connectivity index (χ1v) is 6.21. The van der Waals surface area contributed by atoms with Gasteiger partial charge in [-0.3, -0.25) is 0 Å². The summed E-state index contributed by atoms with van der Waals surface area (Å²) in [5, 5.41) is 0. The first kappa shape index (κ1) is 13.1. The molecule has 0 aliphatic heterocycles. The van der Waals surface area contributed by atoms with Crippen LogP contribution in [0.15, 0.2) is 24.3 Å². The molecular weight excluding hydrogens is 196 g/mol. The molecular formula is C15H24O. The van der Waals surface area contributed by atoms with E-state index in [9.17, 15) is 0 Å². The molecule has 0 radical (unpaired) electrons. The Morgan fingerprint density at radius 2 is 1.69 bits per heavy atom. The third kappa shape index (κ3) is 4.26. The average Bonchev–Trinajstić information content (AvgIpc) is 2.20. The van der Waals surface area contributed by atoms with Crippen molar-refractivity contribution in [3.8, 4) is 5.75 Å². The normalized spacial score (nSPS) is 11.9. The summed E-state index contributed by atoms with van der Waals surface area (Å²) in [6.45, 7) is 10.9. The lowest BCUT2D eigenvalue weighted by Gasteiger charge is -2.25. The highest BCUT2D eigenvalue weighted by molar-refractivity contribution is 5.28. The molecule has 0 atom stereocenters. The molecule has 0 fully saturated rings. The van der Waals surface area contributed by atoms with Crippen LogP contribution < -0.4 is 4.74 Å². The molecule has 16 heavy (non-hydrogen) atoms. The van der Waals surface area contributed by atoms with Crippen molar-refractivity contribution in [2.75, 3.05) is 0 Å². The van der Waals surface area contributed by atoms with Gasteiger partial charge in [-0.05, 0) is 50.3 Å². The van der Waals surface area contributed by atoms with Crippen molar-refractivity contribution in [2.24, 2.45) is 5.92 Å². The lowest BCUT2D eigenvalue weighted by molar-refractivity contribution is 0.105. The average molecular weight is 220 g/mol. The van der Waals surface area contributed by atoms with E-state index in [4.69, 9.17) is 4.74 Å². The van der Waals surface area contributed by atoms with Gasteiger partial charge in [-0.1, -0.05) is 32.9 Å². The van der Waals surface area contributed by atoms with E-state index in [1.807, 2.05) is 0 Å². The summed E-state index contributed by atoms with van der Waals surface area (Å²) in [5.41, 5.74) is 1.32. The quantitative estimate of drug-likeness (QED) is 0.712. The number of hydrogen-bond donors (Lipinski definition) is 0. The highest BCUT2D eigenvalue weighted by atomic mass is 16.5. The Morgan fingerprint density at radius 1 is 1.12 bits per heavy atom. The van der Waals surface area contributed by atoms with E-state index >= 15 is 0 Å². The first-order valence-electron chi connectivity index (χ1n) is 6.21. The van der Waals surface area contributed by atoms with Gasteiger partial charge in [-0.2, -0.15) is 0 Å². The molecule has 0 saturated carbocycles. The predicted molar refractivity (Wildman–Crippen MR) is 70.0 cm³/mol. The molecule has 1 nitrogen and oxygen atoms in total. The van der Waals surface area contributed by atoms with Crippen molar-refractivity contribution in [1.29, 1.82) is 0 Å². The van der Waals surface area contributed by atoms with Crippen molar-refractivity contribution in [3.05, 3.63) is 29.8 Å². The zero-order valence-corrected chi connectivity index (χ0v) is 11.2. The molecule has 0 unspecified atom stereocenters. The minimum atomic E-state index is -0.0699. The van der Waals surface area contributed by atoms with Crippen LogP contribution >= 0.6 is 0 Å². The van der Waals surface area contributed by atoms with Gasteiger partial charge >= 0.3 is 0 Å². The summed E-state index contributed by atoms with van der Waals surface area (Å²) >= 11 is 0. The maximum absolute atomic E-state index is 5.91. The van der Waals surface area contributed by atoms with E-state index in [1.165, 1.54) is 5.56 Å². The molecule has 1 heteroatoms. The Kier molecular flexibility index (Phi) is 4.40. The Bertz CT molecular complexity index is 309. The van der Waals surface area contributed by atoms with E-state index in [1.54, 1.807) is 0 Å². The van der Waals surface area contributed by atoms with Crippen LogP contribution in [-0.4, -0.2) is 5.60 Å². The Morgan fingerprint density at radius 3 is 2.12 bits per heavy atom. The zero-order chi connectivity index (χ0) is 12.2. The second-order valence-corrected chi connectivity index (χ2v) is 5.46. The molecule has 1 rings (SSSR count). The minimum Gasteiger partial charge on any atom is -0.488 e. The SMILES string of the molecule is CCC(C)(C)Oc1ccc(CC(C)C)cc1. The molecule has 0 N–H and O–H groups in total. The molecule has 1 aromatic rings. The molecule has 0 heterocycles. The third-order valence-electron chi connectivity index (χ3n) is 2.81. The largest absolute Gasteiger partial charge is 0.488 e. The van der Waals surface area contributed by atoms with Gasteiger partial charge in [0.05, 0.1) is 0 Å². The maximum Gasteiger partial charge on any atom is 0.120 e. The van der Waals surface area contributed by atoms with E-state index < -0.39 is 0 Å². The summed E-state index contributed by atoms with van der Waals surface area (Å²) in [6.07, 6.45) is 2.15. The molecule has 0 aromatic heterocycles. The van der Waals surface area contributed by atoms with Crippen LogP contribution in [-0.2, 0) is 6.42 Å². The van der Waals surface area contributed by atoms with Crippen LogP contribution in [0.3, 0.4) is 0 Å². The lowest BCUT2D eigenvalue weighted by Crippen LogP contribution is -2.26. The Labute approximate surface area is 99.8 Å². The van der Waals surface area contributed by atoms with Crippen LogP contribution in [0, 0.1) is 5.92 Å². The fourth-order valence-electron chi connectivity index (χ4n) is 1.56. The fraction of sp³-hybridized carbons (Fsp3) is 0.600. The molecule has 90 valence electrons. The first-order chi connectivity index (χ1) is 7.43. The van der Waals surface area contributed by atoms with Crippen molar-refractivity contribution < 1.29 is 4.74 Å². The second-order valence-electron chi connectivity index (χ2n) is 5.46. The fourth-order valence-corrected chi connectivity index (χ4v) is 1.56. The summed E-state index contributed by atoms with van der Waals surface area (Å²) in [4.78, 5) is 0. The van der Waals surface area contributed by atoms with Gasteiger partial charge in [0.2, 0.25) is 0 Å². The van der Waals surface area contributed by atoms with Crippen molar-refractivity contribution in [2.45, 2.75) is 53.1 Å². The van der Waals surface area contributed by atoms with Crippen molar-refractivity contribution >= 4 is 0 Å². The topological polar surface area (TPSA) is 9.23 Å². The molecule has 0 saturated heterocycles. The summed E-state index contributed by atoms with van der Waals surface area (Å²) in [5.74, 6) is 1.68. The highest BCUT2D eigenvalue weighted by Crippen LogP contribution is 2.21. The van der Waals surface area contributed by atoms with Crippen molar-refractivity contribution in [1.82, 2.24) is 0 Å². The minimum absolute atomic E-state index is 0.0699. The smallest absolute Gasteiger partial charge is 0.120 e. The van der Waals surface area contributed by atoms with Gasteiger partial charge in [-0.15, -0.1) is 0 Å². The second kappa shape index (κ2) is 5.38. The number of ether oxygens (including phenoxy) is 1. The maximum atomic E-state index is 5.91.